The zero-order valence-corrected chi connectivity index (χ0v) is 12.1. The van der Waals surface area contributed by atoms with E-state index >= 15 is 0 Å². The number of benzene rings is 2. The summed E-state index contributed by atoms with van der Waals surface area (Å²) < 4.78 is 5.04. The number of nitrogens with one attached hydrogen (secondary N) is 1. The number of amides is 1. The van der Waals surface area contributed by atoms with Crippen molar-refractivity contribution in [2.45, 2.75) is 0 Å². The minimum atomic E-state index is -0.333. The molecule has 0 saturated carbocycles. The highest BCUT2D eigenvalue weighted by atomic mass is 35.5. The van der Waals surface area contributed by atoms with Crippen molar-refractivity contribution >= 4 is 40.5 Å². The molecule has 0 spiro atoms. The molecule has 2 aromatic rings. The Kier molecular flexibility index (Phi) is 4.37. The molecule has 4 nitrogen and oxygen atoms in total. The standard InChI is InChI=1S/C14H12Cl2N2O2/c1-20-13-5-3-9(7-11(13)16)18-14(19)10-4-2-8(15)6-12(10)17/h2-7H,17H2,1H3,(H,18,19). The third-order valence-corrected chi connectivity index (χ3v) is 3.20. The molecule has 3 N–H and O–H groups in total. The third-order valence-electron chi connectivity index (χ3n) is 2.67. The second kappa shape index (κ2) is 6.03. The molecule has 0 saturated heterocycles. The van der Waals surface area contributed by atoms with Crippen LogP contribution in [0.5, 0.6) is 5.75 Å². The average molecular weight is 311 g/mol. The Bertz CT molecular complexity index is 660. The van der Waals surface area contributed by atoms with E-state index in [1.54, 1.807) is 30.3 Å². The summed E-state index contributed by atoms with van der Waals surface area (Å²) in [6.45, 7) is 0. The lowest BCUT2D eigenvalue weighted by Crippen LogP contribution is -2.14. The van der Waals surface area contributed by atoms with Crippen molar-refractivity contribution in [2.24, 2.45) is 0 Å². The number of anilines is 2. The van der Waals surface area contributed by atoms with Crippen LogP contribution in [-0.2, 0) is 0 Å². The fraction of sp³-hybridized carbons (Fsp3) is 0.0714. The highest BCUT2D eigenvalue weighted by Crippen LogP contribution is 2.28. The second-order valence-corrected chi connectivity index (χ2v) is 4.88. The summed E-state index contributed by atoms with van der Waals surface area (Å²) >= 11 is 11.8. The van der Waals surface area contributed by atoms with Crippen LogP contribution in [0.3, 0.4) is 0 Å². The number of carbonyl (C=O) groups excluding carboxylic acids is 1. The summed E-state index contributed by atoms with van der Waals surface area (Å²) in [5.41, 5.74) is 6.97. The highest BCUT2D eigenvalue weighted by Gasteiger charge is 2.11. The molecule has 0 aliphatic carbocycles. The number of nitrogen functional groups attached to an aromatic ring is 1. The van der Waals surface area contributed by atoms with Crippen molar-refractivity contribution in [3.05, 3.63) is 52.0 Å². The van der Waals surface area contributed by atoms with E-state index < -0.39 is 0 Å². The Morgan fingerprint density at radius 2 is 1.95 bits per heavy atom. The second-order valence-electron chi connectivity index (χ2n) is 4.04. The lowest BCUT2D eigenvalue weighted by atomic mass is 10.1. The van der Waals surface area contributed by atoms with Crippen LogP contribution in [-0.4, -0.2) is 13.0 Å². The lowest BCUT2D eigenvalue weighted by Gasteiger charge is -2.09. The number of halogens is 2. The van der Waals surface area contributed by atoms with Crippen LogP contribution in [0, 0.1) is 0 Å². The Morgan fingerprint density at radius 3 is 2.55 bits per heavy atom. The van der Waals surface area contributed by atoms with E-state index in [0.29, 0.717) is 32.7 Å². The van der Waals surface area contributed by atoms with Crippen LogP contribution in [0.4, 0.5) is 11.4 Å². The molecule has 20 heavy (non-hydrogen) atoms. The summed E-state index contributed by atoms with van der Waals surface area (Å²) in [6.07, 6.45) is 0. The molecule has 6 heteroatoms. The van der Waals surface area contributed by atoms with Crippen molar-refractivity contribution in [1.82, 2.24) is 0 Å². The molecular formula is C14H12Cl2N2O2. The molecular weight excluding hydrogens is 299 g/mol. The molecule has 0 radical (unpaired) electrons. The van der Waals surface area contributed by atoms with Gasteiger partial charge in [-0.1, -0.05) is 23.2 Å². The topological polar surface area (TPSA) is 64.3 Å². The quantitative estimate of drug-likeness (QED) is 0.847. The Labute approximate surface area is 126 Å². The van der Waals surface area contributed by atoms with E-state index in [1.807, 2.05) is 0 Å². The number of ether oxygens (including phenoxy) is 1. The lowest BCUT2D eigenvalue weighted by molar-refractivity contribution is 0.102. The first kappa shape index (κ1) is 14.5. The van der Waals surface area contributed by atoms with Crippen LogP contribution in [0.2, 0.25) is 10.0 Å². The zero-order chi connectivity index (χ0) is 14.7. The Hall–Kier alpha value is -1.91. The fourth-order valence-corrected chi connectivity index (χ4v) is 2.12. The minimum Gasteiger partial charge on any atom is -0.495 e. The Morgan fingerprint density at radius 1 is 1.20 bits per heavy atom. The molecule has 2 aromatic carbocycles. The van der Waals surface area contributed by atoms with Gasteiger partial charge < -0.3 is 15.8 Å². The molecule has 0 heterocycles. The first-order valence-electron chi connectivity index (χ1n) is 5.71. The molecule has 0 aromatic heterocycles. The van der Waals surface area contributed by atoms with Gasteiger partial charge in [-0.3, -0.25) is 4.79 Å². The van der Waals surface area contributed by atoms with Crippen molar-refractivity contribution < 1.29 is 9.53 Å². The summed E-state index contributed by atoms with van der Waals surface area (Å²) in [6, 6.07) is 9.66. The molecule has 0 aliphatic rings. The molecule has 0 fully saturated rings. The van der Waals surface area contributed by atoms with Crippen LogP contribution in [0.1, 0.15) is 10.4 Å². The number of hydrogen-bond donors (Lipinski definition) is 2. The van der Waals surface area contributed by atoms with Crippen molar-refractivity contribution in [1.29, 1.82) is 0 Å². The molecule has 0 atom stereocenters. The average Bonchev–Trinajstić information content (AvgIpc) is 2.38. The summed E-state index contributed by atoms with van der Waals surface area (Å²) in [5, 5.41) is 3.60. The molecule has 0 aliphatic heterocycles. The van der Waals surface area contributed by atoms with Crippen molar-refractivity contribution in [2.75, 3.05) is 18.2 Å². The first-order valence-corrected chi connectivity index (χ1v) is 6.47. The smallest absolute Gasteiger partial charge is 0.257 e. The predicted octanol–water partition coefficient (Wildman–Crippen LogP) is 3.84. The van der Waals surface area contributed by atoms with Gasteiger partial charge in [-0.2, -0.15) is 0 Å². The van der Waals surface area contributed by atoms with Gasteiger partial charge in [0.25, 0.3) is 5.91 Å². The van der Waals surface area contributed by atoms with Gasteiger partial charge in [0.15, 0.2) is 0 Å². The van der Waals surface area contributed by atoms with Gasteiger partial charge in [0, 0.05) is 16.4 Å². The maximum atomic E-state index is 12.1. The van der Waals surface area contributed by atoms with Crippen molar-refractivity contribution in [3.63, 3.8) is 0 Å². The van der Waals surface area contributed by atoms with Crippen LogP contribution < -0.4 is 15.8 Å². The number of nitrogens with two attached hydrogens (primary N) is 1. The van der Waals surface area contributed by atoms with Gasteiger partial charge in [-0.15, -0.1) is 0 Å². The van der Waals surface area contributed by atoms with E-state index in [9.17, 15) is 4.79 Å². The van der Waals surface area contributed by atoms with Gasteiger partial charge in [0.05, 0.1) is 17.7 Å². The third kappa shape index (κ3) is 3.15. The van der Waals surface area contributed by atoms with Gasteiger partial charge in [0.1, 0.15) is 5.75 Å². The molecule has 2 rings (SSSR count). The van der Waals surface area contributed by atoms with Crippen LogP contribution in [0.25, 0.3) is 0 Å². The maximum absolute atomic E-state index is 12.1. The number of hydrogen-bond acceptors (Lipinski definition) is 3. The molecule has 104 valence electrons. The highest BCUT2D eigenvalue weighted by molar-refractivity contribution is 6.32. The zero-order valence-electron chi connectivity index (χ0n) is 10.6. The molecule has 0 bridgehead atoms. The summed E-state index contributed by atoms with van der Waals surface area (Å²) in [7, 11) is 1.52. The Balaban J connectivity index is 2.21. The van der Waals surface area contributed by atoms with E-state index in [0.717, 1.165) is 0 Å². The minimum absolute atomic E-state index is 0.314. The summed E-state index contributed by atoms with van der Waals surface area (Å²) in [5.74, 6) is 0.205. The molecule has 1 amide bonds. The van der Waals surface area contributed by atoms with E-state index in [1.165, 1.54) is 13.2 Å². The first-order chi connectivity index (χ1) is 9.51. The van der Waals surface area contributed by atoms with Gasteiger partial charge >= 0.3 is 0 Å². The van der Waals surface area contributed by atoms with Crippen molar-refractivity contribution in [3.8, 4) is 5.75 Å². The van der Waals surface area contributed by atoms with Crippen LogP contribution >= 0.6 is 23.2 Å². The van der Waals surface area contributed by atoms with Gasteiger partial charge in [-0.05, 0) is 36.4 Å². The normalized spacial score (nSPS) is 10.2. The van der Waals surface area contributed by atoms with Gasteiger partial charge in [-0.25, -0.2) is 0 Å². The van der Waals surface area contributed by atoms with E-state index in [2.05, 4.69) is 5.32 Å². The number of carbonyl (C=O) groups is 1. The fourth-order valence-electron chi connectivity index (χ4n) is 1.68. The summed E-state index contributed by atoms with van der Waals surface area (Å²) in [4.78, 5) is 12.1. The number of rotatable bonds is 3. The maximum Gasteiger partial charge on any atom is 0.257 e. The van der Waals surface area contributed by atoms with Crippen LogP contribution in [0.15, 0.2) is 36.4 Å². The largest absolute Gasteiger partial charge is 0.495 e. The molecule has 0 unspecified atom stereocenters. The SMILES string of the molecule is COc1ccc(NC(=O)c2ccc(Cl)cc2N)cc1Cl. The van der Waals surface area contributed by atoms with E-state index in [-0.39, 0.29) is 5.91 Å². The van der Waals surface area contributed by atoms with Gasteiger partial charge in [0.2, 0.25) is 0 Å². The monoisotopic (exact) mass is 310 g/mol. The predicted molar refractivity (Wildman–Crippen MR) is 81.8 cm³/mol. The van der Waals surface area contributed by atoms with E-state index in [4.69, 9.17) is 33.7 Å². The number of methoxy groups -OCH3 is 1.